The van der Waals surface area contributed by atoms with Crippen molar-refractivity contribution in [3.63, 3.8) is 0 Å². The van der Waals surface area contributed by atoms with E-state index in [2.05, 4.69) is 0 Å². The summed E-state index contributed by atoms with van der Waals surface area (Å²) in [6, 6.07) is 8.87. The van der Waals surface area contributed by atoms with Gasteiger partial charge in [-0.3, -0.25) is 15.0 Å². The standard InChI is InChI=1S/C16H15FN2O6S/c1-25-13-7-6-10(9-15(20)21)8-14(13)26(23,24)19-18-16(22)11-4-2-3-5-12(11)17/h2-8,19H,9H2,1H3,(H,18,22)(H,20,21). The van der Waals surface area contributed by atoms with Gasteiger partial charge in [0, 0.05) is 0 Å². The molecule has 0 radical (unpaired) electrons. The van der Waals surface area contributed by atoms with Crippen LogP contribution in [0.15, 0.2) is 47.4 Å². The molecule has 3 N–H and O–H groups in total. The van der Waals surface area contributed by atoms with Crippen LogP contribution in [0.4, 0.5) is 4.39 Å². The number of aliphatic carboxylic acids is 1. The smallest absolute Gasteiger partial charge is 0.307 e. The lowest BCUT2D eigenvalue weighted by molar-refractivity contribution is -0.136. The maximum absolute atomic E-state index is 13.6. The van der Waals surface area contributed by atoms with Crippen LogP contribution in [0.2, 0.25) is 0 Å². The molecule has 10 heteroatoms. The van der Waals surface area contributed by atoms with Crippen molar-refractivity contribution < 1.29 is 32.2 Å². The third-order valence-corrected chi connectivity index (χ3v) is 4.56. The van der Waals surface area contributed by atoms with Gasteiger partial charge in [0.05, 0.1) is 19.1 Å². The van der Waals surface area contributed by atoms with Gasteiger partial charge in [-0.05, 0) is 29.8 Å². The highest BCUT2D eigenvalue weighted by atomic mass is 32.2. The number of rotatable bonds is 7. The molecule has 0 atom stereocenters. The van der Waals surface area contributed by atoms with Crippen molar-refractivity contribution in [2.75, 3.05) is 7.11 Å². The Hall–Kier alpha value is -2.98. The Balaban J connectivity index is 2.25. The first-order valence-electron chi connectivity index (χ1n) is 7.20. The van der Waals surface area contributed by atoms with Crippen LogP contribution in [-0.4, -0.2) is 32.5 Å². The SMILES string of the molecule is COc1ccc(CC(=O)O)cc1S(=O)(=O)NNC(=O)c1ccccc1F. The molecule has 0 aliphatic carbocycles. The van der Waals surface area contributed by atoms with Crippen LogP contribution < -0.4 is 15.0 Å². The number of carboxylic acid groups (broad SMARTS) is 1. The fourth-order valence-electron chi connectivity index (χ4n) is 2.10. The predicted octanol–water partition coefficient (Wildman–Crippen LogP) is 1.08. The van der Waals surface area contributed by atoms with E-state index in [1.54, 1.807) is 0 Å². The quantitative estimate of drug-likeness (QED) is 0.616. The number of amides is 1. The maximum atomic E-state index is 13.6. The number of hydrazine groups is 1. The Morgan fingerprint density at radius 1 is 1.19 bits per heavy atom. The van der Waals surface area contributed by atoms with Crippen molar-refractivity contribution in [2.45, 2.75) is 11.3 Å². The van der Waals surface area contributed by atoms with E-state index in [9.17, 15) is 22.4 Å². The number of carbonyl (C=O) groups excluding carboxylic acids is 1. The second kappa shape index (κ2) is 7.93. The van der Waals surface area contributed by atoms with Gasteiger partial charge in [0.2, 0.25) is 0 Å². The van der Waals surface area contributed by atoms with E-state index in [0.717, 1.165) is 12.1 Å². The lowest BCUT2D eigenvalue weighted by Gasteiger charge is -2.13. The van der Waals surface area contributed by atoms with Gasteiger partial charge in [-0.15, -0.1) is 4.83 Å². The zero-order valence-corrected chi connectivity index (χ0v) is 14.3. The minimum Gasteiger partial charge on any atom is -0.495 e. The maximum Gasteiger partial charge on any atom is 0.307 e. The molecule has 0 saturated heterocycles. The molecule has 0 aliphatic heterocycles. The van der Waals surface area contributed by atoms with E-state index in [0.29, 0.717) is 0 Å². The zero-order valence-electron chi connectivity index (χ0n) is 13.5. The van der Waals surface area contributed by atoms with Gasteiger partial charge < -0.3 is 9.84 Å². The van der Waals surface area contributed by atoms with Crippen molar-refractivity contribution in [1.82, 2.24) is 10.3 Å². The largest absolute Gasteiger partial charge is 0.495 e. The van der Waals surface area contributed by atoms with Crippen LogP contribution in [0.3, 0.4) is 0 Å². The molecule has 2 rings (SSSR count). The van der Waals surface area contributed by atoms with Gasteiger partial charge in [-0.1, -0.05) is 18.2 Å². The third kappa shape index (κ3) is 4.55. The minimum atomic E-state index is -4.30. The number of benzene rings is 2. The number of carbonyl (C=O) groups is 2. The van der Waals surface area contributed by atoms with E-state index < -0.39 is 34.1 Å². The van der Waals surface area contributed by atoms with Crippen LogP contribution in [-0.2, 0) is 21.2 Å². The first-order chi connectivity index (χ1) is 12.2. The summed E-state index contributed by atoms with van der Waals surface area (Å²) in [6.07, 6.45) is -0.395. The van der Waals surface area contributed by atoms with Crippen LogP contribution in [0.5, 0.6) is 5.75 Å². The molecule has 2 aromatic carbocycles. The number of methoxy groups -OCH3 is 1. The minimum absolute atomic E-state index is 0.0493. The van der Waals surface area contributed by atoms with E-state index in [1.807, 2.05) is 10.3 Å². The van der Waals surface area contributed by atoms with E-state index in [1.165, 1.54) is 37.4 Å². The van der Waals surface area contributed by atoms with Crippen LogP contribution in [0, 0.1) is 5.82 Å². The average molecular weight is 382 g/mol. The Morgan fingerprint density at radius 2 is 1.88 bits per heavy atom. The van der Waals surface area contributed by atoms with Crippen LogP contribution >= 0.6 is 0 Å². The second-order valence-electron chi connectivity index (χ2n) is 5.10. The second-order valence-corrected chi connectivity index (χ2v) is 6.75. The molecule has 26 heavy (non-hydrogen) atoms. The van der Waals surface area contributed by atoms with Gasteiger partial charge in [-0.25, -0.2) is 12.8 Å². The van der Waals surface area contributed by atoms with Crippen molar-refractivity contribution in [2.24, 2.45) is 0 Å². The normalized spacial score (nSPS) is 11.0. The van der Waals surface area contributed by atoms with Gasteiger partial charge in [0.15, 0.2) is 0 Å². The summed E-state index contributed by atoms with van der Waals surface area (Å²) in [4.78, 5) is 24.2. The first-order valence-corrected chi connectivity index (χ1v) is 8.68. The monoisotopic (exact) mass is 382 g/mol. The molecule has 0 unspecified atom stereocenters. The number of hydrogen-bond acceptors (Lipinski definition) is 5. The Kier molecular flexibility index (Phi) is 5.90. The molecule has 0 aliphatic rings. The van der Waals surface area contributed by atoms with E-state index in [-0.39, 0.29) is 21.8 Å². The highest BCUT2D eigenvalue weighted by Crippen LogP contribution is 2.24. The molecular weight excluding hydrogens is 367 g/mol. The highest BCUT2D eigenvalue weighted by molar-refractivity contribution is 7.89. The molecule has 1 amide bonds. The van der Waals surface area contributed by atoms with Gasteiger partial charge in [0.1, 0.15) is 16.5 Å². The third-order valence-electron chi connectivity index (χ3n) is 3.29. The van der Waals surface area contributed by atoms with Crippen molar-refractivity contribution in [1.29, 1.82) is 0 Å². The molecule has 0 fully saturated rings. The number of nitrogens with one attached hydrogen (secondary N) is 2. The van der Waals surface area contributed by atoms with Crippen LogP contribution in [0.25, 0.3) is 0 Å². The van der Waals surface area contributed by atoms with Gasteiger partial charge in [-0.2, -0.15) is 0 Å². The zero-order chi connectivity index (χ0) is 19.3. The fourth-order valence-corrected chi connectivity index (χ4v) is 3.16. The lowest BCUT2D eigenvalue weighted by atomic mass is 10.1. The van der Waals surface area contributed by atoms with Crippen molar-refractivity contribution >= 4 is 21.9 Å². The molecule has 0 spiro atoms. The van der Waals surface area contributed by atoms with Crippen molar-refractivity contribution in [3.8, 4) is 5.75 Å². The number of sulfonamides is 1. The highest BCUT2D eigenvalue weighted by Gasteiger charge is 2.22. The summed E-state index contributed by atoms with van der Waals surface area (Å²) in [6.45, 7) is 0. The Morgan fingerprint density at radius 3 is 2.50 bits per heavy atom. The summed E-state index contributed by atoms with van der Waals surface area (Å²) in [7, 11) is -3.06. The number of halogens is 1. The number of hydrogen-bond donors (Lipinski definition) is 3. The van der Waals surface area contributed by atoms with Crippen molar-refractivity contribution in [3.05, 3.63) is 59.4 Å². The Labute approximate surface area is 148 Å². The molecule has 0 heterocycles. The molecule has 0 saturated carbocycles. The molecule has 0 aromatic heterocycles. The number of ether oxygens (including phenoxy) is 1. The lowest BCUT2D eigenvalue weighted by Crippen LogP contribution is -2.42. The average Bonchev–Trinajstić information content (AvgIpc) is 2.59. The molecular formula is C16H15FN2O6S. The fraction of sp³-hybridized carbons (Fsp3) is 0.125. The van der Waals surface area contributed by atoms with E-state index in [4.69, 9.17) is 9.84 Å². The summed E-state index contributed by atoms with van der Waals surface area (Å²) < 4.78 is 43.4. The van der Waals surface area contributed by atoms with Gasteiger partial charge >= 0.3 is 5.97 Å². The Bertz CT molecular complexity index is 946. The van der Waals surface area contributed by atoms with Gasteiger partial charge in [0.25, 0.3) is 15.9 Å². The molecule has 138 valence electrons. The van der Waals surface area contributed by atoms with Crippen LogP contribution in [0.1, 0.15) is 15.9 Å². The summed E-state index contributed by atoms with van der Waals surface area (Å²) in [5.74, 6) is -3.00. The predicted molar refractivity (Wildman–Crippen MR) is 88.5 cm³/mol. The molecule has 0 bridgehead atoms. The van der Waals surface area contributed by atoms with E-state index >= 15 is 0 Å². The first kappa shape index (κ1) is 19.3. The molecule has 8 nitrogen and oxygen atoms in total. The molecule has 2 aromatic rings. The number of carboxylic acids is 1. The topological polar surface area (TPSA) is 122 Å². The summed E-state index contributed by atoms with van der Waals surface area (Å²) >= 11 is 0. The summed E-state index contributed by atoms with van der Waals surface area (Å²) in [5.41, 5.74) is 1.78. The summed E-state index contributed by atoms with van der Waals surface area (Å²) in [5, 5.41) is 8.83.